The molecule has 5 nitrogen and oxygen atoms in total. The molecule has 0 bridgehead atoms. The number of benzene rings is 2. The monoisotopic (exact) mass is 392 g/mol. The van der Waals surface area contributed by atoms with Crippen LogP contribution in [0.4, 0.5) is 5.13 Å². The number of aromatic nitrogens is 1. The van der Waals surface area contributed by atoms with Gasteiger partial charge in [0.25, 0.3) is 5.91 Å². The molecule has 4 aromatic rings. The summed E-state index contributed by atoms with van der Waals surface area (Å²) in [5.41, 5.74) is 3.72. The third-order valence-corrected chi connectivity index (χ3v) is 5.17. The molecule has 28 heavy (non-hydrogen) atoms. The van der Waals surface area contributed by atoms with Crippen LogP contribution in [0.15, 0.2) is 58.3 Å². The van der Waals surface area contributed by atoms with Crippen LogP contribution in [0.5, 0.6) is 5.75 Å². The van der Waals surface area contributed by atoms with Crippen LogP contribution in [-0.4, -0.2) is 17.5 Å². The lowest BCUT2D eigenvalue weighted by Crippen LogP contribution is -2.10. The SMILES string of the molecule is CCOc1cccc2cc(C(=O)Nc3nc(-c4ccc(CC)cc4)cs3)oc12. The molecule has 0 aliphatic carbocycles. The van der Waals surface area contributed by atoms with Crippen LogP contribution in [0.1, 0.15) is 30.0 Å². The molecule has 6 heteroatoms. The maximum atomic E-state index is 12.6. The summed E-state index contributed by atoms with van der Waals surface area (Å²) >= 11 is 1.39. The molecule has 0 saturated heterocycles. The van der Waals surface area contributed by atoms with E-state index in [9.17, 15) is 4.79 Å². The molecule has 0 fully saturated rings. The summed E-state index contributed by atoms with van der Waals surface area (Å²) in [5.74, 6) is 0.526. The number of hydrogen-bond donors (Lipinski definition) is 1. The number of anilines is 1. The van der Waals surface area contributed by atoms with E-state index in [1.807, 2.05) is 42.6 Å². The maximum absolute atomic E-state index is 12.6. The van der Waals surface area contributed by atoms with Gasteiger partial charge in [-0.05, 0) is 31.0 Å². The molecule has 0 unspecified atom stereocenters. The molecule has 2 aromatic carbocycles. The zero-order valence-corrected chi connectivity index (χ0v) is 16.5. The molecular weight excluding hydrogens is 372 g/mol. The van der Waals surface area contributed by atoms with Gasteiger partial charge in [-0.2, -0.15) is 0 Å². The average Bonchev–Trinajstić information content (AvgIpc) is 3.36. The molecular formula is C22H20N2O3S. The van der Waals surface area contributed by atoms with Gasteiger partial charge in [0.15, 0.2) is 22.2 Å². The lowest BCUT2D eigenvalue weighted by molar-refractivity contribution is 0.0998. The number of nitrogens with zero attached hydrogens (tertiary/aromatic N) is 1. The van der Waals surface area contributed by atoms with Crippen LogP contribution < -0.4 is 10.1 Å². The molecule has 2 heterocycles. The number of carbonyl (C=O) groups is 1. The van der Waals surface area contributed by atoms with Crippen molar-refractivity contribution in [3.8, 4) is 17.0 Å². The Morgan fingerprint density at radius 2 is 2.00 bits per heavy atom. The van der Waals surface area contributed by atoms with Crippen LogP contribution in [0.2, 0.25) is 0 Å². The van der Waals surface area contributed by atoms with Crippen LogP contribution in [-0.2, 0) is 6.42 Å². The Morgan fingerprint density at radius 1 is 1.18 bits per heavy atom. The molecule has 1 amide bonds. The minimum Gasteiger partial charge on any atom is -0.490 e. The van der Waals surface area contributed by atoms with E-state index in [1.165, 1.54) is 16.9 Å². The number of carbonyl (C=O) groups excluding carboxylic acids is 1. The number of rotatable bonds is 6. The quantitative estimate of drug-likeness (QED) is 0.452. The van der Waals surface area contributed by atoms with Gasteiger partial charge in [0.2, 0.25) is 0 Å². The topological polar surface area (TPSA) is 64.4 Å². The molecule has 0 atom stereocenters. The lowest BCUT2D eigenvalue weighted by atomic mass is 10.1. The summed E-state index contributed by atoms with van der Waals surface area (Å²) in [6.07, 6.45) is 1.00. The molecule has 0 spiro atoms. The Morgan fingerprint density at radius 3 is 2.75 bits per heavy atom. The van der Waals surface area contributed by atoms with Gasteiger partial charge in [0.1, 0.15) is 0 Å². The second-order valence-electron chi connectivity index (χ2n) is 6.26. The molecule has 2 aromatic heterocycles. The van der Waals surface area contributed by atoms with Gasteiger partial charge in [-0.1, -0.05) is 43.3 Å². The fraction of sp³-hybridized carbons (Fsp3) is 0.182. The zero-order chi connectivity index (χ0) is 19.5. The fourth-order valence-electron chi connectivity index (χ4n) is 2.95. The standard InChI is InChI=1S/C22H20N2O3S/c1-3-14-8-10-15(11-9-14)17-13-28-22(23-17)24-21(25)19-12-16-6-5-7-18(26-4-2)20(16)27-19/h5-13H,3-4H2,1-2H3,(H,23,24,25). The van der Waals surface area contributed by atoms with Gasteiger partial charge in [-0.3, -0.25) is 10.1 Å². The van der Waals surface area contributed by atoms with Gasteiger partial charge in [-0.15, -0.1) is 11.3 Å². The summed E-state index contributed by atoms with van der Waals surface area (Å²) in [4.78, 5) is 17.1. The molecule has 0 aliphatic heterocycles. The Labute approximate surface area is 167 Å². The Bertz CT molecular complexity index is 1110. The smallest absolute Gasteiger partial charge is 0.293 e. The summed E-state index contributed by atoms with van der Waals surface area (Å²) in [6, 6.07) is 15.6. The first-order valence-corrected chi connectivity index (χ1v) is 10.1. The number of nitrogens with one attached hydrogen (secondary N) is 1. The highest BCUT2D eigenvalue weighted by Gasteiger charge is 2.16. The second-order valence-corrected chi connectivity index (χ2v) is 7.12. The first-order chi connectivity index (χ1) is 13.7. The third-order valence-electron chi connectivity index (χ3n) is 4.41. The molecule has 0 aliphatic rings. The molecule has 0 radical (unpaired) electrons. The van der Waals surface area contributed by atoms with Crippen LogP contribution >= 0.6 is 11.3 Å². The summed E-state index contributed by atoms with van der Waals surface area (Å²) in [6.45, 7) is 4.56. The number of amides is 1. The van der Waals surface area contributed by atoms with Crippen LogP contribution in [0.25, 0.3) is 22.2 Å². The zero-order valence-electron chi connectivity index (χ0n) is 15.7. The van der Waals surface area contributed by atoms with E-state index in [2.05, 4.69) is 29.4 Å². The summed E-state index contributed by atoms with van der Waals surface area (Å²) in [7, 11) is 0. The van der Waals surface area contributed by atoms with E-state index in [0.29, 0.717) is 23.1 Å². The van der Waals surface area contributed by atoms with Crippen molar-refractivity contribution in [1.29, 1.82) is 0 Å². The average molecular weight is 392 g/mol. The van der Waals surface area contributed by atoms with E-state index in [0.717, 1.165) is 23.1 Å². The van der Waals surface area contributed by atoms with Crippen molar-refractivity contribution in [3.05, 3.63) is 65.2 Å². The number of furan rings is 1. The highest BCUT2D eigenvalue weighted by atomic mass is 32.1. The van der Waals surface area contributed by atoms with Crippen molar-refractivity contribution >= 4 is 33.3 Å². The Hall–Kier alpha value is -3.12. The van der Waals surface area contributed by atoms with Gasteiger partial charge < -0.3 is 9.15 Å². The van der Waals surface area contributed by atoms with E-state index >= 15 is 0 Å². The van der Waals surface area contributed by atoms with E-state index in [4.69, 9.17) is 9.15 Å². The van der Waals surface area contributed by atoms with Crippen LogP contribution in [0, 0.1) is 0 Å². The van der Waals surface area contributed by atoms with Crippen molar-refractivity contribution in [3.63, 3.8) is 0 Å². The first-order valence-electron chi connectivity index (χ1n) is 9.19. The summed E-state index contributed by atoms with van der Waals surface area (Å²) < 4.78 is 11.3. The summed E-state index contributed by atoms with van der Waals surface area (Å²) in [5, 5.41) is 6.11. The fourth-order valence-corrected chi connectivity index (χ4v) is 3.67. The Balaban J connectivity index is 1.53. The molecule has 0 saturated carbocycles. The molecule has 142 valence electrons. The number of hydrogen-bond acceptors (Lipinski definition) is 5. The Kier molecular flexibility index (Phi) is 5.12. The van der Waals surface area contributed by atoms with Gasteiger partial charge in [0.05, 0.1) is 12.3 Å². The number of thiazole rings is 1. The van der Waals surface area contributed by atoms with Gasteiger partial charge in [0, 0.05) is 16.3 Å². The van der Waals surface area contributed by atoms with E-state index in [-0.39, 0.29) is 11.7 Å². The van der Waals surface area contributed by atoms with Crippen molar-refractivity contribution in [2.45, 2.75) is 20.3 Å². The molecule has 4 rings (SSSR count). The largest absolute Gasteiger partial charge is 0.490 e. The number of para-hydroxylation sites is 1. The number of aryl methyl sites for hydroxylation is 1. The van der Waals surface area contributed by atoms with Crippen molar-refractivity contribution in [2.24, 2.45) is 0 Å². The second kappa shape index (κ2) is 7.86. The van der Waals surface area contributed by atoms with E-state index in [1.54, 1.807) is 6.07 Å². The minimum atomic E-state index is -0.333. The minimum absolute atomic E-state index is 0.228. The molecule has 1 N–H and O–H groups in total. The van der Waals surface area contributed by atoms with Crippen molar-refractivity contribution < 1.29 is 13.9 Å². The predicted molar refractivity (Wildman–Crippen MR) is 112 cm³/mol. The van der Waals surface area contributed by atoms with Crippen molar-refractivity contribution in [1.82, 2.24) is 4.98 Å². The highest BCUT2D eigenvalue weighted by Crippen LogP contribution is 2.30. The number of fused-ring (bicyclic) bond motifs is 1. The normalized spacial score (nSPS) is 10.9. The van der Waals surface area contributed by atoms with Crippen molar-refractivity contribution in [2.75, 3.05) is 11.9 Å². The van der Waals surface area contributed by atoms with E-state index < -0.39 is 0 Å². The van der Waals surface area contributed by atoms with Crippen LogP contribution in [0.3, 0.4) is 0 Å². The van der Waals surface area contributed by atoms with Gasteiger partial charge >= 0.3 is 0 Å². The number of ether oxygens (including phenoxy) is 1. The highest BCUT2D eigenvalue weighted by molar-refractivity contribution is 7.14. The third kappa shape index (κ3) is 3.64. The first kappa shape index (κ1) is 18.3. The maximum Gasteiger partial charge on any atom is 0.293 e. The predicted octanol–water partition coefficient (Wildman–Crippen LogP) is 5.77. The lowest BCUT2D eigenvalue weighted by Gasteiger charge is -2.02. The van der Waals surface area contributed by atoms with Gasteiger partial charge in [-0.25, -0.2) is 4.98 Å².